The Hall–Kier alpha value is -2.37. The zero-order valence-electron chi connectivity index (χ0n) is 18.4. The standard InChI is InChI=1S/C26H29NO2S2/c1-4-6-7-18(5-2)17-29-21-12-13-22-25(16-21)31-26(27-22)24-15-14-23(30-24)19-8-10-20(28-3)11-9-19/h8-16,18H,4-7,17H2,1-3H3. The van der Waals surface area contributed by atoms with E-state index in [-0.39, 0.29) is 0 Å². The molecular formula is C26H29NO2S2. The fourth-order valence-electron chi connectivity index (χ4n) is 3.58. The topological polar surface area (TPSA) is 31.4 Å². The van der Waals surface area contributed by atoms with Gasteiger partial charge in [0, 0.05) is 4.88 Å². The maximum absolute atomic E-state index is 6.13. The van der Waals surface area contributed by atoms with E-state index in [1.54, 1.807) is 29.8 Å². The van der Waals surface area contributed by atoms with Crippen LogP contribution in [0.5, 0.6) is 11.5 Å². The van der Waals surface area contributed by atoms with E-state index in [1.165, 1.54) is 45.7 Å². The second kappa shape index (κ2) is 10.3. The number of thiophene rings is 1. The molecule has 3 nitrogen and oxygen atoms in total. The van der Waals surface area contributed by atoms with Gasteiger partial charge in [0.05, 0.1) is 28.8 Å². The van der Waals surface area contributed by atoms with Crippen molar-refractivity contribution in [1.29, 1.82) is 0 Å². The van der Waals surface area contributed by atoms with Gasteiger partial charge >= 0.3 is 0 Å². The van der Waals surface area contributed by atoms with E-state index in [2.05, 4.69) is 56.3 Å². The fraction of sp³-hybridized carbons (Fsp3) is 0.346. The van der Waals surface area contributed by atoms with E-state index in [0.29, 0.717) is 5.92 Å². The number of hydrogen-bond acceptors (Lipinski definition) is 5. The zero-order valence-corrected chi connectivity index (χ0v) is 20.0. The number of hydrogen-bond donors (Lipinski definition) is 0. The number of thiazole rings is 1. The van der Waals surface area contributed by atoms with Crippen LogP contribution in [0.15, 0.2) is 54.6 Å². The predicted molar refractivity (Wildman–Crippen MR) is 134 cm³/mol. The van der Waals surface area contributed by atoms with Crippen molar-refractivity contribution in [2.24, 2.45) is 5.92 Å². The van der Waals surface area contributed by atoms with Gasteiger partial charge in [-0.1, -0.05) is 33.1 Å². The molecule has 0 saturated carbocycles. The van der Waals surface area contributed by atoms with Gasteiger partial charge in [0.25, 0.3) is 0 Å². The Labute approximate surface area is 192 Å². The third-order valence-electron chi connectivity index (χ3n) is 5.58. The summed E-state index contributed by atoms with van der Waals surface area (Å²) in [6.07, 6.45) is 4.93. The van der Waals surface area contributed by atoms with Gasteiger partial charge < -0.3 is 9.47 Å². The van der Waals surface area contributed by atoms with E-state index in [0.717, 1.165) is 28.6 Å². The molecule has 2 aromatic carbocycles. The minimum atomic E-state index is 0.634. The summed E-state index contributed by atoms with van der Waals surface area (Å²) in [6, 6.07) is 18.8. The van der Waals surface area contributed by atoms with Gasteiger partial charge in [-0.25, -0.2) is 4.98 Å². The third kappa shape index (κ3) is 5.28. The first-order valence-corrected chi connectivity index (χ1v) is 12.6. The highest BCUT2D eigenvalue weighted by molar-refractivity contribution is 7.26. The largest absolute Gasteiger partial charge is 0.497 e. The van der Waals surface area contributed by atoms with Crippen molar-refractivity contribution in [1.82, 2.24) is 4.98 Å². The number of fused-ring (bicyclic) bond motifs is 1. The zero-order chi connectivity index (χ0) is 21.6. The molecule has 0 amide bonds. The molecule has 0 aliphatic heterocycles. The number of unbranched alkanes of at least 4 members (excludes halogenated alkanes) is 1. The highest BCUT2D eigenvalue weighted by atomic mass is 32.1. The lowest BCUT2D eigenvalue weighted by atomic mass is 10.0. The molecule has 0 spiro atoms. The Balaban J connectivity index is 1.48. The molecule has 4 aromatic rings. The van der Waals surface area contributed by atoms with Crippen molar-refractivity contribution in [3.8, 4) is 31.8 Å². The lowest BCUT2D eigenvalue weighted by molar-refractivity contribution is 0.233. The molecule has 0 radical (unpaired) electrons. The van der Waals surface area contributed by atoms with Crippen LogP contribution >= 0.6 is 22.7 Å². The molecule has 2 aromatic heterocycles. The average Bonchev–Trinajstić information content (AvgIpc) is 3.46. The number of benzene rings is 2. The van der Waals surface area contributed by atoms with Crippen molar-refractivity contribution >= 4 is 32.9 Å². The Morgan fingerprint density at radius 3 is 2.42 bits per heavy atom. The van der Waals surface area contributed by atoms with Crippen LogP contribution in [0.3, 0.4) is 0 Å². The van der Waals surface area contributed by atoms with Gasteiger partial charge in [0.1, 0.15) is 16.5 Å². The van der Waals surface area contributed by atoms with E-state index in [4.69, 9.17) is 14.5 Å². The molecule has 0 aliphatic carbocycles. The fourth-order valence-corrected chi connectivity index (χ4v) is 5.64. The Kier molecular flexibility index (Phi) is 7.25. The summed E-state index contributed by atoms with van der Waals surface area (Å²) in [5, 5.41) is 1.06. The minimum Gasteiger partial charge on any atom is -0.497 e. The van der Waals surface area contributed by atoms with Gasteiger partial charge in [-0.05, 0) is 72.5 Å². The highest BCUT2D eigenvalue weighted by Gasteiger charge is 2.12. The maximum atomic E-state index is 6.13. The number of methoxy groups -OCH3 is 1. The van der Waals surface area contributed by atoms with Crippen LogP contribution < -0.4 is 9.47 Å². The monoisotopic (exact) mass is 451 g/mol. The summed E-state index contributed by atoms with van der Waals surface area (Å²) < 4.78 is 12.6. The molecule has 5 heteroatoms. The number of ether oxygens (including phenoxy) is 2. The summed E-state index contributed by atoms with van der Waals surface area (Å²) in [7, 11) is 1.69. The second-order valence-corrected chi connectivity index (χ2v) is 9.88. The molecule has 0 bridgehead atoms. The summed E-state index contributed by atoms with van der Waals surface area (Å²) in [5.41, 5.74) is 2.23. The predicted octanol–water partition coefficient (Wildman–Crippen LogP) is 8.30. The summed E-state index contributed by atoms with van der Waals surface area (Å²) in [4.78, 5) is 7.29. The van der Waals surface area contributed by atoms with Gasteiger partial charge in [-0.15, -0.1) is 22.7 Å². The summed E-state index contributed by atoms with van der Waals surface area (Å²) in [6.45, 7) is 5.30. The summed E-state index contributed by atoms with van der Waals surface area (Å²) in [5.74, 6) is 2.46. The van der Waals surface area contributed by atoms with Crippen molar-refractivity contribution in [2.45, 2.75) is 39.5 Å². The van der Waals surface area contributed by atoms with Gasteiger partial charge in [-0.2, -0.15) is 0 Å². The Morgan fingerprint density at radius 2 is 1.68 bits per heavy atom. The van der Waals surface area contributed by atoms with Crippen LogP contribution in [-0.4, -0.2) is 18.7 Å². The van der Waals surface area contributed by atoms with Crippen LogP contribution in [0.2, 0.25) is 0 Å². The normalized spacial score (nSPS) is 12.2. The minimum absolute atomic E-state index is 0.634. The average molecular weight is 452 g/mol. The molecule has 0 aliphatic rings. The third-order valence-corrected chi connectivity index (χ3v) is 7.90. The molecule has 2 heterocycles. The van der Waals surface area contributed by atoms with E-state index in [9.17, 15) is 0 Å². The lowest BCUT2D eigenvalue weighted by Crippen LogP contribution is -2.11. The van der Waals surface area contributed by atoms with Crippen molar-refractivity contribution < 1.29 is 9.47 Å². The van der Waals surface area contributed by atoms with Crippen molar-refractivity contribution in [2.75, 3.05) is 13.7 Å². The quantitative estimate of drug-likeness (QED) is 0.243. The van der Waals surface area contributed by atoms with Crippen LogP contribution in [0.25, 0.3) is 30.5 Å². The SMILES string of the molecule is CCCCC(CC)COc1ccc2nc(-c3ccc(-c4ccc(OC)cc4)s3)sc2c1. The van der Waals surface area contributed by atoms with Crippen molar-refractivity contribution in [3.63, 3.8) is 0 Å². The van der Waals surface area contributed by atoms with Crippen LogP contribution in [-0.2, 0) is 0 Å². The van der Waals surface area contributed by atoms with E-state index in [1.807, 2.05) is 12.1 Å². The maximum Gasteiger partial charge on any atom is 0.134 e. The van der Waals surface area contributed by atoms with Crippen LogP contribution in [0.4, 0.5) is 0 Å². The first-order valence-electron chi connectivity index (χ1n) is 11.0. The molecular weight excluding hydrogens is 422 g/mol. The lowest BCUT2D eigenvalue weighted by Gasteiger charge is -2.15. The molecule has 1 unspecified atom stereocenters. The highest BCUT2D eigenvalue weighted by Crippen LogP contribution is 2.39. The van der Waals surface area contributed by atoms with E-state index < -0.39 is 0 Å². The molecule has 162 valence electrons. The van der Waals surface area contributed by atoms with Gasteiger partial charge in [-0.3, -0.25) is 0 Å². The molecule has 1 atom stereocenters. The second-order valence-electron chi connectivity index (χ2n) is 7.77. The number of rotatable bonds is 10. The number of nitrogens with zero attached hydrogens (tertiary/aromatic N) is 1. The molecule has 0 N–H and O–H groups in total. The Morgan fingerprint density at radius 1 is 0.903 bits per heavy atom. The first kappa shape index (κ1) is 21.8. The first-order chi connectivity index (χ1) is 15.2. The molecule has 4 rings (SSSR count). The molecule has 0 saturated heterocycles. The summed E-state index contributed by atoms with van der Waals surface area (Å²) >= 11 is 3.50. The number of aromatic nitrogens is 1. The van der Waals surface area contributed by atoms with Crippen LogP contribution in [0.1, 0.15) is 39.5 Å². The van der Waals surface area contributed by atoms with E-state index >= 15 is 0 Å². The Bertz CT molecular complexity index is 1110. The molecule has 0 fully saturated rings. The van der Waals surface area contributed by atoms with Gasteiger partial charge in [0.2, 0.25) is 0 Å². The van der Waals surface area contributed by atoms with Crippen LogP contribution in [0, 0.1) is 5.92 Å². The smallest absolute Gasteiger partial charge is 0.134 e. The van der Waals surface area contributed by atoms with Crippen molar-refractivity contribution in [3.05, 3.63) is 54.6 Å². The van der Waals surface area contributed by atoms with Gasteiger partial charge in [0.15, 0.2) is 0 Å². The molecule has 31 heavy (non-hydrogen) atoms.